The van der Waals surface area contributed by atoms with Crippen molar-refractivity contribution in [2.24, 2.45) is 0 Å². The molecule has 5 heteroatoms. The number of carbonyl (C=O) groups is 3. The van der Waals surface area contributed by atoms with E-state index in [0.29, 0.717) is 28.9 Å². The van der Waals surface area contributed by atoms with E-state index < -0.39 is 0 Å². The summed E-state index contributed by atoms with van der Waals surface area (Å²) in [5, 5.41) is 5.60. The highest BCUT2D eigenvalue weighted by atomic mass is 16.2. The maximum absolute atomic E-state index is 12.5. The number of benzene rings is 3. The quantitative estimate of drug-likeness (QED) is 0.641. The van der Waals surface area contributed by atoms with Crippen LogP contribution in [0.15, 0.2) is 78.9 Å². The number of hydrogen-bond acceptors (Lipinski definition) is 3. The second-order valence-corrected chi connectivity index (χ2v) is 6.34. The molecule has 3 aromatic carbocycles. The van der Waals surface area contributed by atoms with Gasteiger partial charge in [-0.1, -0.05) is 48.5 Å². The van der Waals surface area contributed by atoms with E-state index in [4.69, 9.17) is 0 Å². The molecule has 0 aliphatic rings. The van der Waals surface area contributed by atoms with Gasteiger partial charge in [-0.25, -0.2) is 0 Å². The molecule has 0 unspecified atom stereocenters. The van der Waals surface area contributed by atoms with E-state index in [1.165, 1.54) is 6.92 Å². The zero-order valence-corrected chi connectivity index (χ0v) is 15.4. The van der Waals surface area contributed by atoms with Gasteiger partial charge in [0.15, 0.2) is 5.78 Å². The summed E-state index contributed by atoms with van der Waals surface area (Å²) in [6.45, 7) is 1.88. The molecular formula is C23H20N2O3. The Labute approximate surface area is 163 Å². The molecule has 0 fully saturated rings. The van der Waals surface area contributed by atoms with Gasteiger partial charge in [-0.2, -0.15) is 0 Å². The number of anilines is 1. The molecule has 0 bridgehead atoms. The summed E-state index contributed by atoms with van der Waals surface area (Å²) in [5.74, 6) is -0.677. The largest absolute Gasteiger partial charge is 0.348 e. The van der Waals surface area contributed by atoms with Crippen LogP contribution in [0.25, 0.3) is 0 Å². The van der Waals surface area contributed by atoms with E-state index >= 15 is 0 Å². The number of ketones is 1. The molecular weight excluding hydrogens is 352 g/mol. The average molecular weight is 372 g/mol. The average Bonchev–Trinajstić information content (AvgIpc) is 2.73. The molecule has 3 rings (SSSR count). The Hall–Kier alpha value is -3.73. The Morgan fingerprint density at radius 3 is 2.07 bits per heavy atom. The summed E-state index contributed by atoms with van der Waals surface area (Å²) in [6, 6.07) is 22.8. The lowest BCUT2D eigenvalue weighted by Crippen LogP contribution is -2.23. The topological polar surface area (TPSA) is 75.3 Å². The van der Waals surface area contributed by atoms with E-state index in [0.717, 1.165) is 5.56 Å². The molecule has 3 aromatic rings. The molecule has 0 aliphatic heterocycles. The number of hydrogen-bond donors (Lipinski definition) is 2. The third-order valence-electron chi connectivity index (χ3n) is 4.21. The first-order chi connectivity index (χ1) is 13.5. The first-order valence-electron chi connectivity index (χ1n) is 8.87. The van der Waals surface area contributed by atoms with Crippen LogP contribution in [0.4, 0.5) is 5.69 Å². The van der Waals surface area contributed by atoms with E-state index in [1.54, 1.807) is 48.5 Å². The van der Waals surface area contributed by atoms with Gasteiger partial charge in [-0.3, -0.25) is 14.4 Å². The minimum absolute atomic E-state index is 0.0758. The van der Waals surface area contributed by atoms with Crippen LogP contribution in [0.1, 0.15) is 43.6 Å². The van der Waals surface area contributed by atoms with Crippen molar-refractivity contribution in [3.8, 4) is 0 Å². The number of carbonyl (C=O) groups excluding carboxylic acids is 3. The van der Waals surface area contributed by atoms with Crippen molar-refractivity contribution in [2.75, 3.05) is 5.32 Å². The smallest absolute Gasteiger partial charge is 0.255 e. The van der Waals surface area contributed by atoms with Gasteiger partial charge in [-0.05, 0) is 42.8 Å². The molecule has 0 spiro atoms. The standard InChI is InChI=1S/C23H20N2O3/c1-16(26)18-9-6-12-21(14-18)25-23(28)20-11-5-10-19(13-20)22(27)24-15-17-7-3-2-4-8-17/h2-14H,15H2,1H3,(H,24,27)(H,25,28). The lowest BCUT2D eigenvalue weighted by Gasteiger charge is -2.09. The monoisotopic (exact) mass is 372 g/mol. The van der Waals surface area contributed by atoms with Gasteiger partial charge in [0.2, 0.25) is 0 Å². The molecule has 140 valence electrons. The molecule has 0 saturated carbocycles. The summed E-state index contributed by atoms with van der Waals surface area (Å²) in [6.07, 6.45) is 0. The number of amides is 2. The van der Waals surface area contributed by atoms with E-state index in [1.807, 2.05) is 30.3 Å². The third-order valence-corrected chi connectivity index (χ3v) is 4.21. The van der Waals surface area contributed by atoms with Crippen LogP contribution in [0.2, 0.25) is 0 Å². The molecule has 0 aromatic heterocycles. The summed E-state index contributed by atoms with van der Waals surface area (Å²) in [7, 11) is 0. The van der Waals surface area contributed by atoms with E-state index in [-0.39, 0.29) is 17.6 Å². The van der Waals surface area contributed by atoms with Crippen LogP contribution in [-0.4, -0.2) is 17.6 Å². The van der Waals surface area contributed by atoms with Crippen molar-refractivity contribution >= 4 is 23.3 Å². The summed E-state index contributed by atoms with van der Waals surface area (Å²) < 4.78 is 0. The van der Waals surface area contributed by atoms with Crippen LogP contribution < -0.4 is 10.6 Å². The predicted octanol–water partition coefficient (Wildman–Crippen LogP) is 4.07. The predicted molar refractivity (Wildman–Crippen MR) is 108 cm³/mol. The van der Waals surface area contributed by atoms with Gasteiger partial charge >= 0.3 is 0 Å². The molecule has 2 amide bonds. The zero-order valence-electron chi connectivity index (χ0n) is 15.4. The minimum atomic E-state index is -0.349. The van der Waals surface area contributed by atoms with Crippen LogP contribution in [-0.2, 0) is 6.54 Å². The third kappa shape index (κ3) is 4.92. The zero-order chi connectivity index (χ0) is 19.9. The van der Waals surface area contributed by atoms with Gasteiger partial charge in [0.1, 0.15) is 0 Å². The SMILES string of the molecule is CC(=O)c1cccc(NC(=O)c2cccc(C(=O)NCc3ccccc3)c2)c1. The van der Waals surface area contributed by atoms with Crippen LogP contribution in [0.3, 0.4) is 0 Å². The molecule has 28 heavy (non-hydrogen) atoms. The fraction of sp³-hybridized carbons (Fsp3) is 0.0870. The molecule has 5 nitrogen and oxygen atoms in total. The Kier molecular flexibility index (Phi) is 5.97. The second kappa shape index (κ2) is 8.77. The Morgan fingerprint density at radius 2 is 1.36 bits per heavy atom. The van der Waals surface area contributed by atoms with Crippen LogP contribution in [0.5, 0.6) is 0 Å². The maximum Gasteiger partial charge on any atom is 0.255 e. The molecule has 0 aliphatic carbocycles. The van der Waals surface area contributed by atoms with Crippen LogP contribution in [0, 0.1) is 0 Å². The van der Waals surface area contributed by atoms with Crippen molar-refractivity contribution in [1.29, 1.82) is 0 Å². The highest BCUT2D eigenvalue weighted by molar-refractivity contribution is 6.06. The van der Waals surface area contributed by atoms with Gasteiger partial charge in [0.05, 0.1) is 0 Å². The maximum atomic E-state index is 12.5. The van der Waals surface area contributed by atoms with Crippen molar-refractivity contribution in [1.82, 2.24) is 5.32 Å². The van der Waals surface area contributed by atoms with E-state index in [9.17, 15) is 14.4 Å². The van der Waals surface area contributed by atoms with Gasteiger partial charge < -0.3 is 10.6 Å². The van der Waals surface area contributed by atoms with Crippen molar-refractivity contribution in [3.05, 3.63) is 101 Å². The first kappa shape index (κ1) is 19.0. The number of Topliss-reactive ketones (excluding diaryl/α,β-unsaturated/α-hetero) is 1. The van der Waals surface area contributed by atoms with Gasteiger partial charge in [0.25, 0.3) is 11.8 Å². The minimum Gasteiger partial charge on any atom is -0.348 e. The van der Waals surface area contributed by atoms with Crippen molar-refractivity contribution < 1.29 is 14.4 Å². The molecule has 0 heterocycles. The second-order valence-electron chi connectivity index (χ2n) is 6.34. The van der Waals surface area contributed by atoms with Gasteiger partial charge in [0, 0.05) is 28.9 Å². The number of nitrogens with one attached hydrogen (secondary N) is 2. The lowest BCUT2D eigenvalue weighted by molar-refractivity contribution is 0.0950. The molecule has 0 atom stereocenters. The number of rotatable bonds is 6. The normalized spacial score (nSPS) is 10.2. The Balaban J connectivity index is 1.68. The first-order valence-corrected chi connectivity index (χ1v) is 8.87. The highest BCUT2D eigenvalue weighted by Crippen LogP contribution is 2.14. The molecule has 2 N–H and O–H groups in total. The summed E-state index contributed by atoms with van der Waals surface area (Å²) >= 11 is 0. The summed E-state index contributed by atoms with van der Waals surface area (Å²) in [5.41, 5.74) is 2.81. The fourth-order valence-corrected chi connectivity index (χ4v) is 2.70. The van der Waals surface area contributed by atoms with Crippen molar-refractivity contribution in [3.63, 3.8) is 0 Å². The molecule has 0 saturated heterocycles. The lowest BCUT2D eigenvalue weighted by atomic mass is 10.1. The Morgan fingerprint density at radius 1 is 0.714 bits per heavy atom. The van der Waals surface area contributed by atoms with Crippen LogP contribution >= 0.6 is 0 Å². The molecule has 0 radical (unpaired) electrons. The van der Waals surface area contributed by atoms with Crippen molar-refractivity contribution in [2.45, 2.75) is 13.5 Å². The fourth-order valence-electron chi connectivity index (χ4n) is 2.70. The Bertz CT molecular complexity index is 1010. The summed E-state index contributed by atoms with van der Waals surface area (Å²) in [4.78, 5) is 36.4. The van der Waals surface area contributed by atoms with E-state index in [2.05, 4.69) is 10.6 Å². The van der Waals surface area contributed by atoms with Gasteiger partial charge in [-0.15, -0.1) is 0 Å². The highest BCUT2D eigenvalue weighted by Gasteiger charge is 2.11.